The van der Waals surface area contributed by atoms with E-state index in [1.807, 2.05) is 13.8 Å². The van der Waals surface area contributed by atoms with E-state index in [0.29, 0.717) is 12.3 Å². The number of rotatable bonds is 4. The Balaban J connectivity index is 2.50. The van der Waals surface area contributed by atoms with Crippen molar-refractivity contribution in [1.29, 1.82) is 0 Å². The van der Waals surface area contributed by atoms with Gasteiger partial charge in [0.25, 0.3) is 0 Å². The van der Waals surface area contributed by atoms with Crippen LogP contribution in [-0.2, 0) is 4.79 Å². The number of amides is 1. The maximum absolute atomic E-state index is 11.8. The van der Waals surface area contributed by atoms with Gasteiger partial charge >= 0.3 is 0 Å². The standard InChI is InChI=1S/C13H22N2O/c1-8(2)11(5)15-13(16)7-12-9(3)6-10(4)14-12/h8,11H,6-7H2,1-5H3,(H,15,16). The number of carbonyl (C=O) groups excluding carboxylic acids is 1. The van der Waals surface area contributed by atoms with Crippen LogP contribution in [0.4, 0.5) is 0 Å². The molecule has 0 aromatic rings. The molecule has 0 radical (unpaired) electrons. The van der Waals surface area contributed by atoms with Gasteiger partial charge in [0.1, 0.15) is 0 Å². The molecular weight excluding hydrogens is 200 g/mol. The number of carbonyl (C=O) groups is 1. The molecule has 0 aromatic heterocycles. The van der Waals surface area contributed by atoms with Crippen molar-refractivity contribution in [2.24, 2.45) is 10.9 Å². The van der Waals surface area contributed by atoms with Gasteiger partial charge in [-0.25, -0.2) is 0 Å². The molecule has 0 saturated heterocycles. The molecular formula is C13H22N2O. The Morgan fingerprint density at radius 3 is 2.44 bits per heavy atom. The third kappa shape index (κ3) is 3.47. The summed E-state index contributed by atoms with van der Waals surface area (Å²) in [7, 11) is 0. The number of hydrogen-bond donors (Lipinski definition) is 1. The Hall–Kier alpha value is -1.12. The fourth-order valence-electron chi connectivity index (χ4n) is 1.67. The van der Waals surface area contributed by atoms with Gasteiger partial charge in [-0.15, -0.1) is 0 Å². The normalized spacial score (nSPS) is 17.8. The van der Waals surface area contributed by atoms with Crippen molar-refractivity contribution < 1.29 is 4.79 Å². The minimum atomic E-state index is 0.0778. The first kappa shape index (κ1) is 12.9. The van der Waals surface area contributed by atoms with Crippen LogP contribution < -0.4 is 5.32 Å². The number of allylic oxidation sites excluding steroid dienone is 1. The maximum Gasteiger partial charge on any atom is 0.226 e. The van der Waals surface area contributed by atoms with Crippen LogP contribution in [0, 0.1) is 5.92 Å². The summed E-state index contributed by atoms with van der Waals surface area (Å²) < 4.78 is 0. The molecule has 16 heavy (non-hydrogen) atoms. The van der Waals surface area contributed by atoms with Gasteiger partial charge in [0.05, 0.1) is 6.42 Å². The summed E-state index contributed by atoms with van der Waals surface area (Å²) in [5.41, 5.74) is 3.29. The summed E-state index contributed by atoms with van der Waals surface area (Å²) in [5, 5.41) is 3.00. The summed E-state index contributed by atoms with van der Waals surface area (Å²) in [6, 6.07) is 0.222. The first-order chi connectivity index (χ1) is 7.40. The first-order valence-electron chi connectivity index (χ1n) is 5.92. The molecule has 0 aliphatic carbocycles. The molecule has 1 N–H and O–H groups in total. The Bertz CT molecular complexity index is 340. The predicted molar refractivity (Wildman–Crippen MR) is 67.5 cm³/mol. The highest BCUT2D eigenvalue weighted by atomic mass is 16.1. The second-order valence-electron chi connectivity index (χ2n) is 5.03. The van der Waals surface area contributed by atoms with E-state index in [-0.39, 0.29) is 11.9 Å². The van der Waals surface area contributed by atoms with Crippen LogP contribution in [-0.4, -0.2) is 17.7 Å². The molecule has 0 spiro atoms. The van der Waals surface area contributed by atoms with Crippen molar-refractivity contribution in [2.75, 3.05) is 0 Å². The minimum Gasteiger partial charge on any atom is -0.353 e. The van der Waals surface area contributed by atoms with E-state index < -0.39 is 0 Å². The Labute approximate surface area is 98.0 Å². The SMILES string of the molecule is CC1=NC(CC(=O)NC(C)C(C)C)=C(C)C1. The lowest BCUT2D eigenvalue weighted by Crippen LogP contribution is -2.36. The Morgan fingerprint density at radius 1 is 1.38 bits per heavy atom. The number of aliphatic imine (C=N–C) groups is 1. The van der Waals surface area contributed by atoms with Crippen molar-refractivity contribution in [1.82, 2.24) is 5.32 Å². The van der Waals surface area contributed by atoms with Crippen LogP contribution in [0.1, 0.15) is 47.5 Å². The van der Waals surface area contributed by atoms with Crippen molar-refractivity contribution in [3.63, 3.8) is 0 Å². The van der Waals surface area contributed by atoms with E-state index in [2.05, 4.69) is 31.1 Å². The zero-order chi connectivity index (χ0) is 12.3. The van der Waals surface area contributed by atoms with Crippen LogP contribution in [0.2, 0.25) is 0 Å². The molecule has 0 fully saturated rings. The highest BCUT2D eigenvalue weighted by Gasteiger charge is 2.16. The average Bonchev–Trinajstić information content (AvgIpc) is 2.44. The molecule has 1 rings (SSSR count). The smallest absolute Gasteiger partial charge is 0.226 e. The largest absolute Gasteiger partial charge is 0.353 e. The van der Waals surface area contributed by atoms with E-state index in [9.17, 15) is 4.79 Å². The van der Waals surface area contributed by atoms with Gasteiger partial charge in [-0.05, 0) is 32.3 Å². The number of nitrogens with one attached hydrogen (secondary N) is 1. The summed E-state index contributed by atoms with van der Waals surface area (Å²) in [4.78, 5) is 16.1. The molecule has 1 heterocycles. The lowest BCUT2D eigenvalue weighted by atomic mass is 10.1. The number of nitrogens with zero attached hydrogens (tertiary/aromatic N) is 1. The molecule has 0 saturated carbocycles. The molecule has 3 nitrogen and oxygen atoms in total. The van der Waals surface area contributed by atoms with Crippen LogP contribution in [0.3, 0.4) is 0 Å². The van der Waals surface area contributed by atoms with Gasteiger partial charge in [-0.3, -0.25) is 9.79 Å². The van der Waals surface area contributed by atoms with Crippen molar-refractivity contribution >= 4 is 11.6 Å². The van der Waals surface area contributed by atoms with Gasteiger partial charge in [0.15, 0.2) is 0 Å². The van der Waals surface area contributed by atoms with E-state index in [1.165, 1.54) is 5.57 Å². The second-order valence-corrected chi connectivity index (χ2v) is 5.03. The van der Waals surface area contributed by atoms with E-state index in [0.717, 1.165) is 17.8 Å². The maximum atomic E-state index is 11.8. The lowest BCUT2D eigenvalue weighted by Gasteiger charge is -2.17. The van der Waals surface area contributed by atoms with Crippen LogP contribution in [0.25, 0.3) is 0 Å². The molecule has 1 atom stereocenters. The third-order valence-electron chi connectivity index (χ3n) is 3.06. The van der Waals surface area contributed by atoms with Crippen molar-refractivity contribution in [2.45, 2.75) is 53.5 Å². The molecule has 1 amide bonds. The minimum absolute atomic E-state index is 0.0778. The van der Waals surface area contributed by atoms with Crippen LogP contribution in [0.5, 0.6) is 0 Å². The monoisotopic (exact) mass is 222 g/mol. The topological polar surface area (TPSA) is 41.5 Å². The number of hydrogen-bond acceptors (Lipinski definition) is 2. The molecule has 1 unspecified atom stereocenters. The summed E-state index contributed by atoms with van der Waals surface area (Å²) in [6.45, 7) is 10.3. The van der Waals surface area contributed by atoms with E-state index in [4.69, 9.17) is 0 Å². The van der Waals surface area contributed by atoms with E-state index >= 15 is 0 Å². The van der Waals surface area contributed by atoms with Crippen LogP contribution >= 0.6 is 0 Å². The average molecular weight is 222 g/mol. The summed E-state index contributed by atoms with van der Waals surface area (Å²) in [5.74, 6) is 0.543. The van der Waals surface area contributed by atoms with Crippen molar-refractivity contribution in [3.05, 3.63) is 11.3 Å². The Kier molecular flexibility index (Phi) is 4.27. The molecule has 1 aliphatic rings. The quantitative estimate of drug-likeness (QED) is 0.780. The lowest BCUT2D eigenvalue weighted by molar-refractivity contribution is -0.121. The second kappa shape index (κ2) is 5.28. The molecule has 90 valence electrons. The molecule has 3 heteroatoms. The first-order valence-corrected chi connectivity index (χ1v) is 5.92. The molecule has 0 aromatic carbocycles. The zero-order valence-corrected chi connectivity index (χ0v) is 10.9. The predicted octanol–water partition coefficient (Wildman–Crippen LogP) is 2.68. The fraction of sp³-hybridized carbons (Fsp3) is 0.692. The molecule has 0 bridgehead atoms. The van der Waals surface area contributed by atoms with Gasteiger partial charge in [0.2, 0.25) is 5.91 Å². The van der Waals surface area contributed by atoms with Crippen LogP contribution in [0.15, 0.2) is 16.3 Å². The van der Waals surface area contributed by atoms with Gasteiger partial charge in [-0.1, -0.05) is 13.8 Å². The van der Waals surface area contributed by atoms with Gasteiger partial charge in [0, 0.05) is 23.9 Å². The summed E-state index contributed by atoms with van der Waals surface area (Å²) in [6.07, 6.45) is 1.34. The highest BCUT2D eigenvalue weighted by Crippen LogP contribution is 2.21. The zero-order valence-electron chi connectivity index (χ0n) is 10.9. The Morgan fingerprint density at radius 2 is 2.00 bits per heavy atom. The summed E-state index contributed by atoms with van der Waals surface area (Å²) >= 11 is 0. The fourth-order valence-corrected chi connectivity index (χ4v) is 1.67. The third-order valence-corrected chi connectivity index (χ3v) is 3.06. The van der Waals surface area contributed by atoms with Gasteiger partial charge in [-0.2, -0.15) is 0 Å². The molecule has 1 aliphatic heterocycles. The van der Waals surface area contributed by atoms with E-state index in [1.54, 1.807) is 0 Å². The highest BCUT2D eigenvalue weighted by molar-refractivity contribution is 5.89. The van der Waals surface area contributed by atoms with Crippen molar-refractivity contribution in [3.8, 4) is 0 Å². The van der Waals surface area contributed by atoms with Gasteiger partial charge < -0.3 is 5.32 Å².